The maximum absolute atomic E-state index is 12.8. The molecule has 10 heteroatoms. The summed E-state index contributed by atoms with van der Waals surface area (Å²) in [7, 11) is -3.87. The predicted octanol–water partition coefficient (Wildman–Crippen LogP) is -0.146. The molecule has 1 aliphatic heterocycles. The van der Waals surface area contributed by atoms with Gasteiger partial charge < -0.3 is 15.2 Å². The Hall–Kier alpha value is -2.04. The highest BCUT2D eigenvalue weighted by Crippen LogP contribution is 2.19. The van der Waals surface area contributed by atoms with Crippen LogP contribution >= 0.6 is 0 Å². The molecule has 0 saturated carbocycles. The standard InChI is InChI=1S/C14H17FN2O6S/c15-10-1-3-11(4-2-10)24(21,22)16-7-5-12(18)17-14(13(19)20)6-8-23-9-14/h1-4,16H,5-9H2,(H,17,18)(H,19,20). The molecule has 0 bridgehead atoms. The number of carbonyl (C=O) groups is 2. The Labute approximate surface area is 138 Å². The molecule has 1 aromatic rings. The number of hydrogen-bond acceptors (Lipinski definition) is 5. The first-order chi connectivity index (χ1) is 11.3. The van der Waals surface area contributed by atoms with Gasteiger partial charge in [0.15, 0.2) is 5.54 Å². The third-order valence-electron chi connectivity index (χ3n) is 3.58. The lowest BCUT2D eigenvalue weighted by molar-refractivity contribution is -0.147. The Morgan fingerprint density at radius 2 is 1.96 bits per heavy atom. The number of carboxylic acids is 1. The number of ether oxygens (including phenoxy) is 1. The molecule has 24 heavy (non-hydrogen) atoms. The number of sulfonamides is 1. The van der Waals surface area contributed by atoms with Gasteiger partial charge in [-0.15, -0.1) is 0 Å². The minimum atomic E-state index is -3.87. The van der Waals surface area contributed by atoms with Crippen molar-refractivity contribution in [1.82, 2.24) is 10.0 Å². The van der Waals surface area contributed by atoms with Crippen LogP contribution in [-0.4, -0.2) is 50.7 Å². The molecule has 1 amide bonds. The lowest BCUT2D eigenvalue weighted by Crippen LogP contribution is -2.55. The molecule has 1 saturated heterocycles. The molecular formula is C14H17FN2O6S. The van der Waals surface area contributed by atoms with Crippen LogP contribution in [0.4, 0.5) is 4.39 Å². The zero-order chi connectivity index (χ0) is 17.8. The topological polar surface area (TPSA) is 122 Å². The van der Waals surface area contributed by atoms with E-state index in [1.165, 1.54) is 0 Å². The van der Waals surface area contributed by atoms with Crippen LogP contribution in [0.2, 0.25) is 0 Å². The van der Waals surface area contributed by atoms with Gasteiger partial charge in [-0.3, -0.25) is 4.79 Å². The molecule has 8 nitrogen and oxygen atoms in total. The summed E-state index contributed by atoms with van der Waals surface area (Å²) in [4.78, 5) is 23.0. The van der Waals surface area contributed by atoms with Crippen LogP contribution in [-0.2, 0) is 24.3 Å². The molecule has 0 aromatic heterocycles. The Bertz CT molecular complexity index is 713. The van der Waals surface area contributed by atoms with Crippen LogP contribution in [0, 0.1) is 5.82 Å². The van der Waals surface area contributed by atoms with E-state index in [0.29, 0.717) is 0 Å². The quantitative estimate of drug-likeness (QED) is 0.622. The Morgan fingerprint density at radius 1 is 1.29 bits per heavy atom. The first-order valence-corrected chi connectivity index (χ1v) is 8.61. The highest BCUT2D eigenvalue weighted by atomic mass is 32.2. The van der Waals surface area contributed by atoms with E-state index in [4.69, 9.17) is 4.74 Å². The van der Waals surface area contributed by atoms with Crippen molar-refractivity contribution in [3.05, 3.63) is 30.1 Å². The van der Waals surface area contributed by atoms with Gasteiger partial charge in [0.05, 0.1) is 11.5 Å². The summed E-state index contributed by atoms with van der Waals surface area (Å²) in [5, 5.41) is 11.6. The maximum Gasteiger partial charge on any atom is 0.331 e. The number of halogens is 1. The fourth-order valence-corrected chi connectivity index (χ4v) is 3.24. The van der Waals surface area contributed by atoms with Crippen molar-refractivity contribution in [2.75, 3.05) is 19.8 Å². The summed E-state index contributed by atoms with van der Waals surface area (Å²) >= 11 is 0. The third kappa shape index (κ3) is 4.28. The predicted molar refractivity (Wildman–Crippen MR) is 80.2 cm³/mol. The van der Waals surface area contributed by atoms with Gasteiger partial charge in [0.25, 0.3) is 0 Å². The molecule has 1 atom stereocenters. The molecule has 132 valence electrons. The van der Waals surface area contributed by atoms with Crippen LogP contribution in [0.1, 0.15) is 12.8 Å². The minimum Gasteiger partial charge on any atom is -0.479 e. The van der Waals surface area contributed by atoms with Crippen molar-refractivity contribution in [3.63, 3.8) is 0 Å². The van der Waals surface area contributed by atoms with E-state index in [1.807, 2.05) is 0 Å². The molecule has 0 aliphatic carbocycles. The van der Waals surface area contributed by atoms with Crippen LogP contribution in [0.15, 0.2) is 29.2 Å². The lowest BCUT2D eigenvalue weighted by atomic mass is 9.99. The first kappa shape index (κ1) is 18.3. The highest BCUT2D eigenvalue weighted by Gasteiger charge is 2.43. The van der Waals surface area contributed by atoms with Crippen molar-refractivity contribution in [3.8, 4) is 0 Å². The summed E-state index contributed by atoms with van der Waals surface area (Å²) in [5.74, 6) is -2.36. The molecule has 1 heterocycles. The van der Waals surface area contributed by atoms with Gasteiger partial charge in [0, 0.05) is 26.0 Å². The van der Waals surface area contributed by atoms with Crippen molar-refractivity contribution in [1.29, 1.82) is 0 Å². The van der Waals surface area contributed by atoms with Gasteiger partial charge in [-0.1, -0.05) is 0 Å². The monoisotopic (exact) mass is 360 g/mol. The van der Waals surface area contributed by atoms with E-state index in [1.54, 1.807) is 0 Å². The number of amides is 1. The van der Waals surface area contributed by atoms with Crippen LogP contribution < -0.4 is 10.0 Å². The van der Waals surface area contributed by atoms with Gasteiger partial charge in [-0.05, 0) is 24.3 Å². The van der Waals surface area contributed by atoms with E-state index in [9.17, 15) is 27.5 Å². The Morgan fingerprint density at radius 3 is 2.50 bits per heavy atom. The SMILES string of the molecule is O=C(CCNS(=O)(=O)c1ccc(F)cc1)NC1(C(=O)O)CCOC1. The fourth-order valence-electron chi connectivity index (χ4n) is 2.21. The van der Waals surface area contributed by atoms with Crippen molar-refractivity contribution < 1.29 is 32.2 Å². The zero-order valence-corrected chi connectivity index (χ0v) is 13.4. The lowest BCUT2D eigenvalue weighted by Gasteiger charge is -2.23. The average molecular weight is 360 g/mol. The number of rotatable bonds is 7. The highest BCUT2D eigenvalue weighted by molar-refractivity contribution is 7.89. The maximum atomic E-state index is 12.8. The van der Waals surface area contributed by atoms with Crippen LogP contribution in [0.3, 0.4) is 0 Å². The first-order valence-electron chi connectivity index (χ1n) is 7.13. The van der Waals surface area contributed by atoms with E-state index in [2.05, 4.69) is 10.0 Å². The number of carboxylic acid groups (broad SMARTS) is 1. The molecule has 1 unspecified atom stereocenters. The Balaban J connectivity index is 1.88. The van der Waals surface area contributed by atoms with Crippen LogP contribution in [0.5, 0.6) is 0 Å². The second kappa shape index (κ2) is 7.24. The summed E-state index contributed by atoms with van der Waals surface area (Å²) in [6.45, 7) is -0.124. The molecular weight excluding hydrogens is 343 g/mol. The normalized spacial score (nSPS) is 20.7. The third-order valence-corrected chi connectivity index (χ3v) is 5.05. The number of benzene rings is 1. The van der Waals surface area contributed by atoms with E-state index < -0.39 is 33.3 Å². The second-order valence-corrected chi connectivity index (χ2v) is 7.11. The van der Waals surface area contributed by atoms with E-state index >= 15 is 0 Å². The van der Waals surface area contributed by atoms with Crippen molar-refractivity contribution in [2.45, 2.75) is 23.3 Å². The second-order valence-electron chi connectivity index (χ2n) is 5.34. The minimum absolute atomic E-state index is 0.129. The molecule has 2 rings (SSSR count). The van der Waals surface area contributed by atoms with Crippen molar-refractivity contribution >= 4 is 21.9 Å². The van der Waals surface area contributed by atoms with Gasteiger partial charge in [-0.25, -0.2) is 22.3 Å². The summed E-state index contributed by atoms with van der Waals surface area (Å²) in [6.07, 6.45) is -0.0924. The van der Waals surface area contributed by atoms with Crippen molar-refractivity contribution in [2.24, 2.45) is 0 Å². The van der Waals surface area contributed by atoms with Gasteiger partial charge in [-0.2, -0.15) is 0 Å². The molecule has 1 aromatic carbocycles. The number of carbonyl (C=O) groups excluding carboxylic acids is 1. The van der Waals surface area contributed by atoms with E-state index in [0.717, 1.165) is 24.3 Å². The van der Waals surface area contributed by atoms with Gasteiger partial charge >= 0.3 is 5.97 Å². The summed E-state index contributed by atoms with van der Waals surface area (Å²) in [5.41, 5.74) is -1.47. The largest absolute Gasteiger partial charge is 0.479 e. The van der Waals surface area contributed by atoms with Gasteiger partial charge in [0.2, 0.25) is 15.9 Å². The van der Waals surface area contributed by atoms with E-state index in [-0.39, 0.29) is 37.5 Å². The molecule has 1 aliphatic rings. The van der Waals surface area contributed by atoms with Crippen LogP contribution in [0.25, 0.3) is 0 Å². The zero-order valence-electron chi connectivity index (χ0n) is 12.6. The number of nitrogens with one attached hydrogen (secondary N) is 2. The molecule has 0 spiro atoms. The summed E-state index contributed by atoms with van der Waals surface area (Å²) in [6, 6.07) is 4.23. The molecule has 0 radical (unpaired) electrons. The molecule has 1 fully saturated rings. The summed E-state index contributed by atoms with van der Waals surface area (Å²) < 4.78 is 43.9. The van der Waals surface area contributed by atoms with Gasteiger partial charge in [0.1, 0.15) is 5.82 Å². The average Bonchev–Trinajstić information content (AvgIpc) is 2.97. The molecule has 3 N–H and O–H groups in total. The smallest absolute Gasteiger partial charge is 0.331 e. The number of aliphatic carboxylic acids is 1. The number of hydrogen-bond donors (Lipinski definition) is 3. The fraction of sp³-hybridized carbons (Fsp3) is 0.429. The Kier molecular flexibility index (Phi) is 5.52.